The normalized spacial score (nSPS) is 21.6. The van der Waals surface area contributed by atoms with Crippen molar-refractivity contribution >= 4 is 6.09 Å². The summed E-state index contributed by atoms with van der Waals surface area (Å²) in [6.45, 7) is 5.54. The van der Waals surface area contributed by atoms with E-state index < -0.39 is 41.8 Å². The Bertz CT molecular complexity index is 659. The molecule has 1 aliphatic heterocycles. The van der Waals surface area contributed by atoms with Gasteiger partial charge in [-0.2, -0.15) is 13.2 Å². The van der Waals surface area contributed by atoms with Crippen molar-refractivity contribution < 1.29 is 32.9 Å². The average molecular weight is 404 g/mol. The van der Waals surface area contributed by atoms with Crippen molar-refractivity contribution in [3.05, 3.63) is 35.4 Å². The van der Waals surface area contributed by atoms with Crippen LogP contribution < -0.4 is 5.32 Å². The molecule has 158 valence electrons. The molecule has 28 heavy (non-hydrogen) atoms. The summed E-state index contributed by atoms with van der Waals surface area (Å²) in [5, 5.41) is 23.1. The van der Waals surface area contributed by atoms with E-state index in [2.05, 4.69) is 5.32 Å². The monoisotopic (exact) mass is 404 g/mol. The highest BCUT2D eigenvalue weighted by molar-refractivity contribution is 5.69. The van der Waals surface area contributed by atoms with Gasteiger partial charge in [-0.15, -0.1) is 0 Å². The highest BCUT2D eigenvalue weighted by Gasteiger charge is 2.40. The lowest BCUT2D eigenvalue weighted by Gasteiger charge is -2.31. The number of aliphatic hydroxyl groups excluding tert-OH is 2. The molecule has 0 spiro atoms. The van der Waals surface area contributed by atoms with Crippen LogP contribution in [0.3, 0.4) is 0 Å². The average Bonchev–Trinajstić information content (AvgIpc) is 2.95. The minimum Gasteiger partial charge on any atom is -0.444 e. The first kappa shape index (κ1) is 22.4. The SMILES string of the molecule is CC(C)(C)OC(=O)N1C[C@@H](O)C[C@H]1C(O)NCCc1ccc(C(F)(F)F)cc1. The molecule has 0 radical (unpaired) electrons. The number of alkyl halides is 3. The number of rotatable bonds is 5. The maximum absolute atomic E-state index is 12.6. The minimum atomic E-state index is -4.37. The minimum absolute atomic E-state index is 0.0667. The van der Waals surface area contributed by atoms with Gasteiger partial charge in [0.05, 0.1) is 24.3 Å². The fourth-order valence-electron chi connectivity index (χ4n) is 3.03. The fourth-order valence-corrected chi connectivity index (χ4v) is 3.03. The van der Waals surface area contributed by atoms with E-state index >= 15 is 0 Å². The van der Waals surface area contributed by atoms with Crippen LogP contribution in [0.2, 0.25) is 0 Å². The van der Waals surface area contributed by atoms with Gasteiger partial charge in [-0.3, -0.25) is 10.2 Å². The summed E-state index contributed by atoms with van der Waals surface area (Å²) in [5.41, 5.74) is -0.726. The number of nitrogens with one attached hydrogen (secondary N) is 1. The lowest BCUT2D eigenvalue weighted by molar-refractivity contribution is -0.137. The standard InChI is InChI=1S/C19H27F3N2O4/c1-18(2,3)28-17(27)24-11-14(25)10-15(24)16(26)23-9-8-12-4-6-13(7-5-12)19(20,21)22/h4-7,14-16,23,25-26H,8-11H2,1-3H3/t14-,15-,16?/m0/s1. The second kappa shape index (κ2) is 8.67. The largest absolute Gasteiger partial charge is 0.444 e. The molecule has 9 heteroatoms. The number of likely N-dealkylation sites (tertiary alicyclic amines) is 1. The number of β-amino-alcohol motifs (C(OH)–C–C–N with tert-alkyl or cyclic N) is 1. The number of benzene rings is 1. The zero-order chi connectivity index (χ0) is 21.1. The van der Waals surface area contributed by atoms with Crippen molar-refractivity contribution in [2.24, 2.45) is 0 Å². The molecule has 2 rings (SSSR count). The zero-order valence-electron chi connectivity index (χ0n) is 16.2. The number of amides is 1. The van der Waals surface area contributed by atoms with Gasteiger partial charge in [-0.05, 0) is 51.3 Å². The molecule has 1 amide bonds. The molecule has 0 bridgehead atoms. The summed E-state index contributed by atoms with van der Waals surface area (Å²) in [4.78, 5) is 13.6. The smallest absolute Gasteiger partial charge is 0.416 e. The van der Waals surface area contributed by atoms with Gasteiger partial charge in [-0.1, -0.05) is 12.1 Å². The molecule has 1 aromatic carbocycles. The predicted molar refractivity (Wildman–Crippen MR) is 96.5 cm³/mol. The highest BCUT2D eigenvalue weighted by atomic mass is 19.4. The van der Waals surface area contributed by atoms with Crippen LogP contribution in [-0.4, -0.2) is 58.3 Å². The number of carbonyl (C=O) groups is 1. The second-order valence-electron chi connectivity index (χ2n) is 7.93. The van der Waals surface area contributed by atoms with Crippen molar-refractivity contribution in [1.82, 2.24) is 10.2 Å². The van der Waals surface area contributed by atoms with E-state index in [-0.39, 0.29) is 13.0 Å². The molecule has 0 aliphatic carbocycles. The van der Waals surface area contributed by atoms with Crippen molar-refractivity contribution in [2.45, 2.75) is 63.8 Å². The number of hydrogen-bond acceptors (Lipinski definition) is 5. The number of aliphatic hydroxyl groups is 2. The molecule has 1 saturated heterocycles. The fraction of sp³-hybridized carbons (Fsp3) is 0.632. The molecule has 3 N–H and O–H groups in total. The molecule has 1 fully saturated rings. The molecule has 1 aliphatic rings. The van der Waals surface area contributed by atoms with E-state index in [4.69, 9.17) is 4.74 Å². The Balaban J connectivity index is 1.88. The molecule has 1 aromatic rings. The van der Waals surface area contributed by atoms with Crippen LogP contribution in [0.1, 0.15) is 38.3 Å². The predicted octanol–water partition coefficient (Wildman–Crippen LogP) is 2.53. The van der Waals surface area contributed by atoms with Gasteiger partial charge in [-0.25, -0.2) is 4.79 Å². The summed E-state index contributed by atoms with van der Waals surface area (Å²) < 4.78 is 43.0. The topological polar surface area (TPSA) is 82.0 Å². The summed E-state index contributed by atoms with van der Waals surface area (Å²) >= 11 is 0. The van der Waals surface area contributed by atoms with E-state index in [0.717, 1.165) is 12.1 Å². The zero-order valence-corrected chi connectivity index (χ0v) is 16.2. The Morgan fingerprint density at radius 2 is 1.89 bits per heavy atom. The summed E-state index contributed by atoms with van der Waals surface area (Å²) in [6.07, 6.45) is -6.24. The van der Waals surface area contributed by atoms with E-state index in [1.165, 1.54) is 17.0 Å². The van der Waals surface area contributed by atoms with Crippen LogP contribution in [0.4, 0.5) is 18.0 Å². The van der Waals surface area contributed by atoms with Crippen LogP contribution in [-0.2, 0) is 17.3 Å². The summed E-state index contributed by atoms with van der Waals surface area (Å²) in [5.74, 6) is 0. The Morgan fingerprint density at radius 1 is 1.29 bits per heavy atom. The maximum atomic E-state index is 12.6. The van der Waals surface area contributed by atoms with Crippen LogP contribution in [0.15, 0.2) is 24.3 Å². The van der Waals surface area contributed by atoms with Gasteiger partial charge in [0, 0.05) is 6.54 Å². The van der Waals surface area contributed by atoms with Crippen molar-refractivity contribution in [1.29, 1.82) is 0 Å². The maximum Gasteiger partial charge on any atom is 0.416 e. The molecule has 0 aromatic heterocycles. The molecular weight excluding hydrogens is 377 g/mol. The molecule has 1 unspecified atom stereocenters. The molecule has 6 nitrogen and oxygen atoms in total. The van der Waals surface area contributed by atoms with Gasteiger partial charge in [0.15, 0.2) is 0 Å². The first-order valence-corrected chi connectivity index (χ1v) is 9.12. The van der Waals surface area contributed by atoms with Crippen molar-refractivity contribution in [3.63, 3.8) is 0 Å². The third-order valence-electron chi connectivity index (χ3n) is 4.36. The summed E-state index contributed by atoms with van der Waals surface area (Å²) in [7, 11) is 0. The van der Waals surface area contributed by atoms with Crippen molar-refractivity contribution in [3.8, 4) is 0 Å². The Labute approximate surface area is 162 Å². The molecule has 3 atom stereocenters. The van der Waals surface area contributed by atoms with Gasteiger partial charge in [0.2, 0.25) is 0 Å². The van der Waals surface area contributed by atoms with Crippen LogP contribution >= 0.6 is 0 Å². The number of nitrogens with zero attached hydrogens (tertiary/aromatic N) is 1. The molecule has 0 saturated carbocycles. The van der Waals surface area contributed by atoms with E-state index in [9.17, 15) is 28.2 Å². The first-order chi connectivity index (χ1) is 12.9. The van der Waals surface area contributed by atoms with Gasteiger partial charge >= 0.3 is 12.3 Å². The lowest BCUT2D eigenvalue weighted by atomic mass is 10.1. The molecule has 1 heterocycles. The summed E-state index contributed by atoms with van der Waals surface area (Å²) in [6, 6.07) is 4.16. The lowest BCUT2D eigenvalue weighted by Crippen LogP contribution is -2.50. The van der Waals surface area contributed by atoms with Gasteiger partial charge in [0.25, 0.3) is 0 Å². The number of hydrogen-bond donors (Lipinski definition) is 3. The van der Waals surface area contributed by atoms with Gasteiger partial charge < -0.3 is 14.9 Å². The van der Waals surface area contributed by atoms with E-state index in [1.54, 1.807) is 20.8 Å². The third-order valence-corrected chi connectivity index (χ3v) is 4.36. The Morgan fingerprint density at radius 3 is 2.43 bits per heavy atom. The number of carbonyl (C=O) groups excluding carboxylic acids is 1. The van der Waals surface area contributed by atoms with Crippen LogP contribution in [0.5, 0.6) is 0 Å². The highest BCUT2D eigenvalue weighted by Crippen LogP contribution is 2.29. The Hall–Kier alpha value is -1.84. The van der Waals surface area contributed by atoms with E-state index in [1.807, 2.05) is 0 Å². The molecular formula is C19H27F3N2O4. The number of halogens is 3. The van der Waals surface area contributed by atoms with Crippen LogP contribution in [0.25, 0.3) is 0 Å². The Kier molecular flexibility index (Phi) is 6.95. The van der Waals surface area contributed by atoms with Gasteiger partial charge in [0.1, 0.15) is 11.8 Å². The van der Waals surface area contributed by atoms with E-state index in [0.29, 0.717) is 18.5 Å². The number of ether oxygens (including phenoxy) is 1. The second-order valence-corrected chi connectivity index (χ2v) is 7.93. The third kappa shape index (κ3) is 6.35. The van der Waals surface area contributed by atoms with Crippen molar-refractivity contribution in [2.75, 3.05) is 13.1 Å². The first-order valence-electron chi connectivity index (χ1n) is 9.12. The quantitative estimate of drug-likeness (QED) is 0.657. The van der Waals surface area contributed by atoms with Crippen LogP contribution in [0, 0.1) is 0 Å².